The second-order valence-corrected chi connectivity index (χ2v) is 9.81. The third-order valence-corrected chi connectivity index (χ3v) is 7.10. The van der Waals surface area contributed by atoms with E-state index >= 15 is 0 Å². The SMILES string of the molecule is CC1=C(C(=O)Nc2ccccc2)C(c2ccccc2)n2c(s/c(=C/c3ccc(N(C)C)cc3)c2=O)=N1. The van der Waals surface area contributed by atoms with E-state index in [1.54, 1.807) is 4.57 Å². The van der Waals surface area contributed by atoms with Crippen LogP contribution in [0.3, 0.4) is 0 Å². The zero-order valence-corrected chi connectivity index (χ0v) is 21.1. The second kappa shape index (κ2) is 9.79. The fourth-order valence-electron chi connectivity index (χ4n) is 4.30. The zero-order valence-electron chi connectivity index (χ0n) is 20.3. The van der Waals surface area contributed by atoms with Crippen LogP contribution in [0.25, 0.3) is 6.08 Å². The number of hydrogen-bond donors (Lipinski definition) is 1. The van der Waals surface area contributed by atoms with Crippen LogP contribution in [-0.2, 0) is 4.79 Å². The van der Waals surface area contributed by atoms with E-state index in [0.29, 0.717) is 26.3 Å². The van der Waals surface area contributed by atoms with Gasteiger partial charge >= 0.3 is 0 Å². The van der Waals surface area contributed by atoms with Gasteiger partial charge in [0, 0.05) is 25.5 Å². The molecule has 1 unspecified atom stereocenters. The fourth-order valence-corrected chi connectivity index (χ4v) is 5.35. The molecule has 0 spiro atoms. The van der Waals surface area contributed by atoms with Crippen LogP contribution < -0.4 is 25.1 Å². The number of nitrogens with one attached hydrogen (secondary N) is 1. The first-order chi connectivity index (χ1) is 17.4. The fraction of sp³-hybridized carbons (Fsp3) is 0.138. The summed E-state index contributed by atoms with van der Waals surface area (Å²) in [4.78, 5) is 34.6. The van der Waals surface area contributed by atoms with Crippen LogP contribution in [0.15, 0.2) is 106 Å². The lowest BCUT2D eigenvalue weighted by Crippen LogP contribution is -2.40. The molecule has 1 aliphatic rings. The van der Waals surface area contributed by atoms with E-state index in [-0.39, 0.29) is 11.5 Å². The van der Waals surface area contributed by atoms with Crippen LogP contribution in [0.4, 0.5) is 11.4 Å². The van der Waals surface area contributed by atoms with Gasteiger partial charge < -0.3 is 10.2 Å². The Morgan fingerprint density at radius 2 is 1.61 bits per heavy atom. The quantitative estimate of drug-likeness (QED) is 0.457. The number of benzene rings is 3. The molecule has 0 fully saturated rings. The molecule has 1 amide bonds. The van der Waals surface area contributed by atoms with E-state index in [2.05, 4.69) is 5.32 Å². The first-order valence-electron chi connectivity index (χ1n) is 11.6. The molecule has 1 aromatic heterocycles. The number of anilines is 2. The van der Waals surface area contributed by atoms with Gasteiger partial charge in [0.1, 0.15) is 0 Å². The molecule has 0 aliphatic carbocycles. The van der Waals surface area contributed by atoms with Crippen molar-refractivity contribution in [3.8, 4) is 0 Å². The van der Waals surface area contributed by atoms with Crippen LogP contribution in [-0.4, -0.2) is 24.6 Å². The maximum atomic E-state index is 13.7. The molecule has 0 radical (unpaired) electrons. The first-order valence-corrected chi connectivity index (χ1v) is 12.5. The van der Waals surface area contributed by atoms with Gasteiger partial charge in [0.05, 0.1) is 21.8 Å². The van der Waals surface area contributed by atoms with Crippen molar-refractivity contribution < 1.29 is 4.79 Å². The highest BCUT2D eigenvalue weighted by Crippen LogP contribution is 2.30. The number of amides is 1. The topological polar surface area (TPSA) is 66.7 Å². The molecule has 1 N–H and O–H groups in total. The molecule has 3 aromatic carbocycles. The molecule has 0 saturated heterocycles. The zero-order chi connectivity index (χ0) is 25.2. The third-order valence-electron chi connectivity index (χ3n) is 6.12. The number of fused-ring (bicyclic) bond motifs is 1. The number of thiazole rings is 1. The van der Waals surface area contributed by atoms with Gasteiger partial charge in [-0.15, -0.1) is 0 Å². The number of carbonyl (C=O) groups is 1. The van der Waals surface area contributed by atoms with Crippen LogP contribution in [0.5, 0.6) is 0 Å². The van der Waals surface area contributed by atoms with Gasteiger partial charge in [0.2, 0.25) is 0 Å². The van der Waals surface area contributed by atoms with E-state index in [4.69, 9.17) is 4.99 Å². The van der Waals surface area contributed by atoms with E-state index in [9.17, 15) is 9.59 Å². The Kier molecular flexibility index (Phi) is 6.40. The highest BCUT2D eigenvalue weighted by atomic mass is 32.1. The van der Waals surface area contributed by atoms with Crippen molar-refractivity contribution in [3.05, 3.63) is 127 Å². The summed E-state index contributed by atoms with van der Waals surface area (Å²) in [5, 5.41) is 2.97. The number of aromatic nitrogens is 1. The van der Waals surface area contributed by atoms with Gasteiger partial charge in [0.15, 0.2) is 4.80 Å². The van der Waals surface area contributed by atoms with Crippen molar-refractivity contribution in [2.45, 2.75) is 13.0 Å². The highest BCUT2D eigenvalue weighted by Gasteiger charge is 2.32. The number of allylic oxidation sites excluding steroid dienone is 1. The monoisotopic (exact) mass is 494 g/mol. The molecule has 1 atom stereocenters. The Balaban J connectivity index is 1.63. The molecule has 0 bridgehead atoms. The molecule has 5 rings (SSSR count). The van der Waals surface area contributed by atoms with Crippen molar-refractivity contribution >= 4 is 34.7 Å². The predicted octanol–water partition coefficient (Wildman–Crippen LogP) is 3.94. The lowest BCUT2D eigenvalue weighted by molar-refractivity contribution is -0.113. The molecule has 180 valence electrons. The Morgan fingerprint density at radius 1 is 0.972 bits per heavy atom. The number of nitrogens with zero attached hydrogens (tertiary/aromatic N) is 3. The largest absolute Gasteiger partial charge is 0.378 e. The number of rotatable bonds is 5. The molecule has 7 heteroatoms. The molecule has 0 saturated carbocycles. The van der Waals surface area contributed by atoms with Crippen molar-refractivity contribution in [1.29, 1.82) is 0 Å². The normalized spacial score (nSPS) is 15.3. The maximum absolute atomic E-state index is 13.7. The summed E-state index contributed by atoms with van der Waals surface area (Å²) in [5.74, 6) is -0.273. The van der Waals surface area contributed by atoms with Gasteiger partial charge in [-0.25, -0.2) is 4.99 Å². The van der Waals surface area contributed by atoms with Crippen molar-refractivity contribution in [2.75, 3.05) is 24.3 Å². The summed E-state index contributed by atoms with van der Waals surface area (Å²) in [6, 6.07) is 26.4. The summed E-state index contributed by atoms with van der Waals surface area (Å²) < 4.78 is 2.22. The summed E-state index contributed by atoms with van der Waals surface area (Å²) in [5.41, 5.74) is 4.45. The average molecular weight is 495 g/mol. The van der Waals surface area contributed by atoms with Gasteiger partial charge in [-0.3, -0.25) is 14.2 Å². The minimum absolute atomic E-state index is 0.165. The predicted molar refractivity (Wildman–Crippen MR) is 146 cm³/mol. The van der Waals surface area contributed by atoms with Gasteiger partial charge in [0.25, 0.3) is 11.5 Å². The van der Waals surface area contributed by atoms with Crippen LogP contribution in [0.2, 0.25) is 0 Å². The lowest BCUT2D eigenvalue weighted by atomic mass is 9.95. The summed E-state index contributed by atoms with van der Waals surface area (Å²) in [6.45, 7) is 1.83. The molecule has 2 heterocycles. The van der Waals surface area contributed by atoms with Crippen molar-refractivity contribution in [1.82, 2.24) is 4.57 Å². The number of carbonyl (C=O) groups excluding carboxylic acids is 1. The third kappa shape index (κ3) is 4.53. The average Bonchev–Trinajstić information content (AvgIpc) is 3.18. The smallest absolute Gasteiger partial charge is 0.271 e. The molecular weight excluding hydrogens is 468 g/mol. The highest BCUT2D eigenvalue weighted by molar-refractivity contribution is 7.07. The first kappa shape index (κ1) is 23.5. The summed E-state index contributed by atoms with van der Waals surface area (Å²) in [6.07, 6.45) is 1.88. The van der Waals surface area contributed by atoms with Gasteiger partial charge in [-0.1, -0.05) is 72.0 Å². The molecular formula is C29H26N4O2S. The van der Waals surface area contributed by atoms with E-state index in [1.165, 1.54) is 11.3 Å². The molecule has 6 nitrogen and oxygen atoms in total. The Bertz CT molecular complexity index is 1620. The van der Waals surface area contributed by atoms with E-state index in [1.807, 2.05) is 117 Å². The maximum Gasteiger partial charge on any atom is 0.271 e. The number of para-hydroxylation sites is 1. The Labute approximate surface area is 213 Å². The Morgan fingerprint density at radius 3 is 2.25 bits per heavy atom. The van der Waals surface area contributed by atoms with Crippen molar-refractivity contribution in [2.24, 2.45) is 4.99 Å². The molecule has 1 aliphatic heterocycles. The van der Waals surface area contributed by atoms with Gasteiger partial charge in [-0.05, 0) is 48.4 Å². The standard InChI is InChI=1S/C29H26N4O2S/c1-19-25(27(34)31-22-12-8-5-9-13-22)26(21-10-6-4-7-11-21)33-28(35)24(36-29(33)30-19)18-20-14-16-23(17-15-20)32(2)3/h4-18,26H,1-3H3,(H,31,34)/b24-18+. The molecule has 4 aromatic rings. The minimum atomic E-state index is -0.579. The second-order valence-electron chi connectivity index (χ2n) is 8.80. The van der Waals surface area contributed by atoms with Gasteiger partial charge in [-0.2, -0.15) is 0 Å². The minimum Gasteiger partial charge on any atom is -0.378 e. The Hall–Kier alpha value is -4.23. The summed E-state index contributed by atoms with van der Waals surface area (Å²) >= 11 is 1.34. The summed E-state index contributed by atoms with van der Waals surface area (Å²) in [7, 11) is 3.98. The van der Waals surface area contributed by atoms with Crippen LogP contribution in [0, 0.1) is 0 Å². The lowest BCUT2D eigenvalue weighted by Gasteiger charge is -2.25. The molecule has 36 heavy (non-hydrogen) atoms. The van der Waals surface area contributed by atoms with E-state index < -0.39 is 6.04 Å². The van der Waals surface area contributed by atoms with E-state index in [0.717, 1.165) is 16.8 Å². The van der Waals surface area contributed by atoms with Crippen molar-refractivity contribution in [3.63, 3.8) is 0 Å². The van der Waals surface area contributed by atoms with Crippen LogP contribution >= 0.6 is 11.3 Å². The van der Waals surface area contributed by atoms with Crippen LogP contribution in [0.1, 0.15) is 24.1 Å². The number of hydrogen-bond acceptors (Lipinski definition) is 5.